The summed E-state index contributed by atoms with van der Waals surface area (Å²) in [5.74, 6) is -0.347. The van der Waals surface area contributed by atoms with Crippen LogP contribution in [-0.2, 0) is 16.1 Å². The number of nitrogens with two attached hydrogens (primary N) is 1. The van der Waals surface area contributed by atoms with Gasteiger partial charge in [-0.15, -0.1) is 0 Å². The maximum Gasteiger partial charge on any atom is 0.340 e. The summed E-state index contributed by atoms with van der Waals surface area (Å²) in [6, 6.07) is -0.290. The van der Waals surface area contributed by atoms with Crippen LogP contribution in [0.5, 0.6) is 0 Å². The molecule has 0 saturated carbocycles. The average molecular weight is 194 g/mol. The van der Waals surface area contributed by atoms with E-state index in [4.69, 9.17) is 5.73 Å². The molecule has 0 aliphatic carbocycles. The molecule has 0 radical (unpaired) electrons. The molecule has 0 amide bonds. The summed E-state index contributed by atoms with van der Waals surface area (Å²) >= 11 is 0. The Morgan fingerprint density at radius 2 is 2.57 bits per heavy atom. The van der Waals surface area contributed by atoms with Crippen molar-refractivity contribution in [3.8, 4) is 0 Å². The molecule has 0 unspecified atom stereocenters. The van der Waals surface area contributed by atoms with Crippen LogP contribution in [0.25, 0.3) is 0 Å². The van der Waals surface area contributed by atoms with Gasteiger partial charge in [-0.25, -0.2) is 9.78 Å². The smallest absolute Gasteiger partial charge is 0.340 e. The summed E-state index contributed by atoms with van der Waals surface area (Å²) in [7, 11) is 0. The van der Waals surface area contributed by atoms with E-state index < -0.39 is 0 Å². The Hall–Kier alpha value is -1.69. The van der Waals surface area contributed by atoms with E-state index in [1.165, 1.54) is 0 Å². The summed E-state index contributed by atoms with van der Waals surface area (Å²) in [5.41, 5.74) is 7.33. The second-order valence-electron chi connectivity index (χ2n) is 3.11. The van der Waals surface area contributed by atoms with Gasteiger partial charge in [-0.3, -0.25) is 0 Å². The first-order valence-electron chi connectivity index (χ1n) is 4.25. The van der Waals surface area contributed by atoms with Crippen LogP contribution in [-0.4, -0.2) is 27.7 Å². The number of hydrogen-bond acceptors (Lipinski definition) is 5. The number of oxime groups is 1. The maximum atomic E-state index is 10.7. The molecule has 1 aliphatic heterocycles. The standard InChI is InChI=1S/C8H10N4O2/c9-6(1-5-3-10-4-11-5)7-2-8(13)14-12-7/h3-4,6H,1-2,9H2,(H,10,11)/t6-/m0/s1. The highest BCUT2D eigenvalue weighted by Gasteiger charge is 2.23. The Balaban J connectivity index is 1.96. The SMILES string of the molecule is N[C@@H](Cc1cnc[nH]1)C1=NOC(=O)C1. The lowest BCUT2D eigenvalue weighted by Gasteiger charge is -2.06. The number of carbonyl (C=O) groups is 1. The minimum Gasteiger partial charge on any atom is -0.348 e. The van der Waals surface area contributed by atoms with E-state index >= 15 is 0 Å². The van der Waals surface area contributed by atoms with Gasteiger partial charge < -0.3 is 15.6 Å². The molecule has 0 fully saturated rings. The van der Waals surface area contributed by atoms with Crippen LogP contribution in [0.4, 0.5) is 0 Å². The van der Waals surface area contributed by atoms with Crippen molar-refractivity contribution in [1.29, 1.82) is 0 Å². The van der Waals surface area contributed by atoms with E-state index in [2.05, 4.69) is 20.0 Å². The number of aromatic nitrogens is 2. The molecule has 3 N–H and O–H groups in total. The van der Waals surface area contributed by atoms with Crippen molar-refractivity contribution < 1.29 is 9.63 Å². The van der Waals surface area contributed by atoms with E-state index in [-0.39, 0.29) is 18.4 Å². The molecule has 0 saturated heterocycles. The van der Waals surface area contributed by atoms with Crippen LogP contribution < -0.4 is 5.73 Å². The van der Waals surface area contributed by atoms with Gasteiger partial charge in [-0.1, -0.05) is 5.16 Å². The van der Waals surface area contributed by atoms with Gasteiger partial charge in [-0.05, 0) is 0 Å². The molecular weight excluding hydrogens is 184 g/mol. The van der Waals surface area contributed by atoms with Crippen LogP contribution in [0, 0.1) is 0 Å². The van der Waals surface area contributed by atoms with Crippen molar-refractivity contribution in [3.63, 3.8) is 0 Å². The van der Waals surface area contributed by atoms with Gasteiger partial charge in [0.15, 0.2) is 0 Å². The van der Waals surface area contributed by atoms with Gasteiger partial charge in [0.05, 0.1) is 24.5 Å². The van der Waals surface area contributed by atoms with Crippen LogP contribution in [0.15, 0.2) is 17.7 Å². The third-order valence-corrected chi connectivity index (χ3v) is 2.01. The predicted octanol–water partition coefficient (Wildman–Crippen LogP) is -0.418. The summed E-state index contributed by atoms with van der Waals surface area (Å²) in [6.45, 7) is 0. The zero-order valence-electron chi connectivity index (χ0n) is 7.43. The first kappa shape index (κ1) is 8.89. The normalized spacial score (nSPS) is 17.8. The number of rotatable bonds is 3. The second-order valence-corrected chi connectivity index (χ2v) is 3.11. The minimum absolute atomic E-state index is 0.190. The number of carbonyl (C=O) groups excluding carboxylic acids is 1. The summed E-state index contributed by atoms with van der Waals surface area (Å²) in [5, 5.41) is 3.60. The summed E-state index contributed by atoms with van der Waals surface area (Å²) in [6.07, 6.45) is 4.04. The fourth-order valence-corrected chi connectivity index (χ4v) is 1.27. The van der Waals surface area contributed by atoms with Crippen molar-refractivity contribution in [2.24, 2.45) is 10.9 Å². The van der Waals surface area contributed by atoms with Gasteiger partial charge in [0.1, 0.15) is 0 Å². The van der Waals surface area contributed by atoms with Crippen LogP contribution >= 0.6 is 0 Å². The third-order valence-electron chi connectivity index (χ3n) is 2.01. The van der Waals surface area contributed by atoms with Gasteiger partial charge in [0, 0.05) is 18.3 Å². The number of nitrogens with zero attached hydrogens (tertiary/aromatic N) is 2. The fraction of sp³-hybridized carbons (Fsp3) is 0.375. The highest BCUT2D eigenvalue weighted by molar-refractivity contribution is 6.04. The molecule has 1 aromatic heterocycles. The Morgan fingerprint density at radius 1 is 1.71 bits per heavy atom. The molecular formula is C8H10N4O2. The van der Waals surface area contributed by atoms with Crippen LogP contribution in [0.3, 0.4) is 0 Å². The van der Waals surface area contributed by atoms with E-state index in [9.17, 15) is 4.79 Å². The zero-order valence-corrected chi connectivity index (χ0v) is 7.43. The first-order chi connectivity index (χ1) is 6.75. The number of nitrogens with one attached hydrogen (secondary N) is 1. The third kappa shape index (κ3) is 1.80. The molecule has 1 atom stereocenters. The predicted molar refractivity (Wildman–Crippen MR) is 48.4 cm³/mol. The van der Waals surface area contributed by atoms with Gasteiger partial charge in [-0.2, -0.15) is 0 Å². The molecule has 0 aromatic carbocycles. The van der Waals surface area contributed by atoms with Gasteiger partial charge in [0.2, 0.25) is 0 Å². The molecule has 74 valence electrons. The van der Waals surface area contributed by atoms with Crippen molar-refractivity contribution in [1.82, 2.24) is 9.97 Å². The van der Waals surface area contributed by atoms with Gasteiger partial charge in [0.25, 0.3) is 0 Å². The molecule has 0 bridgehead atoms. The van der Waals surface area contributed by atoms with E-state index in [0.29, 0.717) is 12.1 Å². The molecule has 2 heterocycles. The lowest BCUT2D eigenvalue weighted by molar-refractivity contribution is -0.140. The zero-order chi connectivity index (χ0) is 9.97. The van der Waals surface area contributed by atoms with Crippen molar-refractivity contribution in [2.45, 2.75) is 18.9 Å². The minimum atomic E-state index is -0.347. The Kier molecular flexibility index (Phi) is 2.28. The highest BCUT2D eigenvalue weighted by Crippen LogP contribution is 2.07. The quantitative estimate of drug-likeness (QED) is 0.639. The van der Waals surface area contributed by atoms with Crippen molar-refractivity contribution in [2.75, 3.05) is 0 Å². The Bertz CT molecular complexity index is 357. The topological polar surface area (TPSA) is 93.4 Å². The van der Waals surface area contributed by atoms with Crippen molar-refractivity contribution >= 4 is 11.7 Å². The summed E-state index contributed by atoms with van der Waals surface area (Å²) < 4.78 is 0. The lowest BCUT2D eigenvalue weighted by Crippen LogP contribution is -2.32. The van der Waals surface area contributed by atoms with Crippen LogP contribution in [0.2, 0.25) is 0 Å². The molecule has 6 nitrogen and oxygen atoms in total. The molecule has 14 heavy (non-hydrogen) atoms. The number of hydrogen-bond donors (Lipinski definition) is 2. The summed E-state index contributed by atoms with van der Waals surface area (Å²) in [4.78, 5) is 22.0. The Morgan fingerprint density at radius 3 is 3.14 bits per heavy atom. The average Bonchev–Trinajstić information content (AvgIpc) is 2.75. The lowest BCUT2D eigenvalue weighted by atomic mass is 10.1. The monoisotopic (exact) mass is 194 g/mol. The number of imidazole rings is 1. The molecule has 0 spiro atoms. The van der Waals surface area contributed by atoms with Crippen molar-refractivity contribution in [3.05, 3.63) is 18.2 Å². The number of H-pyrrole nitrogens is 1. The highest BCUT2D eigenvalue weighted by atomic mass is 16.7. The molecule has 1 aliphatic rings. The molecule has 6 heteroatoms. The Labute approximate surface area is 80.1 Å². The van der Waals surface area contributed by atoms with E-state index in [0.717, 1.165) is 5.69 Å². The van der Waals surface area contributed by atoms with Gasteiger partial charge >= 0.3 is 5.97 Å². The first-order valence-corrected chi connectivity index (χ1v) is 4.25. The molecule has 1 aromatic rings. The second kappa shape index (κ2) is 3.59. The van der Waals surface area contributed by atoms with Crippen LogP contribution in [0.1, 0.15) is 12.1 Å². The number of aromatic amines is 1. The maximum absolute atomic E-state index is 10.7. The molecule has 2 rings (SSSR count). The largest absolute Gasteiger partial charge is 0.348 e. The fourth-order valence-electron chi connectivity index (χ4n) is 1.27. The van der Waals surface area contributed by atoms with E-state index in [1.54, 1.807) is 12.5 Å². The van der Waals surface area contributed by atoms with E-state index in [1.807, 2.05) is 0 Å².